The number of esters is 2. The maximum Gasteiger partial charge on any atom is 0.400 e. The van der Waals surface area contributed by atoms with Gasteiger partial charge in [-0.15, -0.1) is 11.6 Å². The van der Waals surface area contributed by atoms with Crippen LogP contribution in [-0.4, -0.2) is 57.6 Å². The van der Waals surface area contributed by atoms with Gasteiger partial charge in [0.05, 0.1) is 17.2 Å². The fraction of sp³-hybridized carbons (Fsp3) is 0.625. The SMILES string of the molecule is CC(=O)C[C@@H]1C(=O)N(C(=O)C(=O)OCOC(=O)C(C)(C)C)[C@@H]1SC(=O)CCl. The number of Topliss-reactive ketones (excluding diaryl/α,β-unsaturated/α-hetero) is 1. The van der Waals surface area contributed by atoms with Gasteiger partial charge in [0.2, 0.25) is 17.8 Å². The monoisotopic (exact) mass is 421 g/mol. The first-order valence-electron chi connectivity index (χ1n) is 7.86. The predicted molar refractivity (Wildman–Crippen MR) is 94.3 cm³/mol. The van der Waals surface area contributed by atoms with Gasteiger partial charge >= 0.3 is 17.8 Å². The van der Waals surface area contributed by atoms with E-state index in [1.54, 1.807) is 20.8 Å². The van der Waals surface area contributed by atoms with Crippen LogP contribution in [0.25, 0.3) is 0 Å². The molecule has 1 fully saturated rings. The highest BCUT2D eigenvalue weighted by atomic mass is 35.5. The molecule has 9 nitrogen and oxygen atoms in total. The van der Waals surface area contributed by atoms with Crippen molar-refractivity contribution < 1.29 is 38.2 Å². The summed E-state index contributed by atoms with van der Waals surface area (Å²) in [6.07, 6.45) is -0.173. The van der Waals surface area contributed by atoms with Gasteiger partial charge in [0, 0.05) is 6.42 Å². The number of carbonyl (C=O) groups is 6. The van der Waals surface area contributed by atoms with Gasteiger partial charge < -0.3 is 14.3 Å². The Morgan fingerprint density at radius 3 is 2.22 bits per heavy atom. The topological polar surface area (TPSA) is 124 Å². The zero-order chi connectivity index (χ0) is 20.9. The van der Waals surface area contributed by atoms with E-state index in [0.29, 0.717) is 16.7 Å². The highest BCUT2D eigenvalue weighted by Crippen LogP contribution is 2.38. The lowest BCUT2D eigenvalue weighted by Gasteiger charge is -2.43. The van der Waals surface area contributed by atoms with Crippen molar-refractivity contribution in [1.29, 1.82) is 0 Å². The number of thioether (sulfide) groups is 1. The van der Waals surface area contributed by atoms with Crippen LogP contribution in [0.15, 0.2) is 0 Å². The van der Waals surface area contributed by atoms with Gasteiger partial charge in [0.15, 0.2) is 0 Å². The summed E-state index contributed by atoms with van der Waals surface area (Å²) in [5, 5.41) is -1.54. The van der Waals surface area contributed by atoms with Crippen LogP contribution in [0.3, 0.4) is 0 Å². The summed E-state index contributed by atoms with van der Waals surface area (Å²) in [6, 6.07) is 0. The van der Waals surface area contributed by atoms with Crippen LogP contribution in [0.1, 0.15) is 34.1 Å². The van der Waals surface area contributed by atoms with Gasteiger partial charge in [-0.25, -0.2) is 4.79 Å². The van der Waals surface area contributed by atoms with Crippen molar-refractivity contribution in [2.24, 2.45) is 11.3 Å². The molecule has 11 heteroatoms. The van der Waals surface area contributed by atoms with Crippen molar-refractivity contribution in [2.75, 3.05) is 12.7 Å². The van der Waals surface area contributed by atoms with Gasteiger partial charge in [-0.05, 0) is 27.7 Å². The summed E-state index contributed by atoms with van der Waals surface area (Å²) in [5.41, 5.74) is -0.826. The summed E-state index contributed by atoms with van der Waals surface area (Å²) in [4.78, 5) is 71.1. The molecule has 0 aliphatic carbocycles. The van der Waals surface area contributed by atoms with Crippen LogP contribution >= 0.6 is 23.4 Å². The number of hydrogen-bond acceptors (Lipinski definition) is 9. The fourth-order valence-corrected chi connectivity index (χ4v) is 3.25. The standard InChI is InChI=1S/C16H20ClNO8S/c1-8(19)5-9-11(21)18(13(9)27-10(20)6-17)12(22)14(23)25-7-26-15(24)16(2,3)4/h9,13H,5-7H2,1-4H3/t9-,13-/m1/s1. The number of halogens is 1. The molecule has 0 spiro atoms. The molecule has 0 radical (unpaired) electrons. The predicted octanol–water partition coefficient (Wildman–Crippen LogP) is 0.865. The van der Waals surface area contributed by atoms with Crippen LogP contribution in [0.4, 0.5) is 0 Å². The summed E-state index contributed by atoms with van der Waals surface area (Å²) in [6.45, 7) is 5.24. The molecule has 0 aromatic rings. The average molecular weight is 422 g/mol. The van der Waals surface area contributed by atoms with Crippen molar-refractivity contribution in [3.05, 3.63) is 0 Å². The Kier molecular flexibility index (Phi) is 7.97. The third-order valence-corrected chi connectivity index (χ3v) is 5.00. The quantitative estimate of drug-likeness (QED) is 0.202. The number of ether oxygens (including phenoxy) is 2. The zero-order valence-electron chi connectivity index (χ0n) is 15.3. The Balaban J connectivity index is 2.73. The molecule has 2 amide bonds. The molecule has 1 heterocycles. The van der Waals surface area contributed by atoms with Crippen LogP contribution in [0, 0.1) is 11.3 Å². The first-order chi connectivity index (χ1) is 12.4. The summed E-state index contributed by atoms with van der Waals surface area (Å²) < 4.78 is 9.27. The number of carbonyl (C=O) groups excluding carboxylic acids is 6. The van der Waals surface area contributed by atoms with Crippen molar-refractivity contribution >= 4 is 58.0 Å². The molecule has 0 aromatic carbocycles. The van der Waals surface area contributed by atoms with E-state index in [4.69, 9.17) is 16.3 Å². The molecule has 1 rings (SSSR count). The first kappa shape index (κ1) is 23.1. The first-order valence-corrected chi connectivity index (χ1v) is 9.27. The van der Waals surface area contributed by atoms with E-state index in [-0.39, 0.29) is 18.1 Å². The van der Waals surface area contributed by atoms with E-state index in [1.165, 1.54) is 6.92 Å². The number of nitrogens with zero attached hydrogens (tertiary/aromatic N) is 1. The lowest BCUT2D eigenvalue weighted by Crippen LogP contribution is -2.64. The second-order valence-corrected chi connectivity index (χ2v) is 8.21. The molecule has 1 saturated heterocycles. The Morgan fingerprint density at radius 2 is 1.74 bits per heavy atom. The number of alkyl halides is 1. The van der Waals surface area contributed by atoms with Crippen molar-refractivity contribution in [3.63, 3.8) is 0 Å². The number of amides is 2. The third kappa shape index (κ3) is 6.03. The number of β-lactam (4-membered cyclic amide) rings is 1. The molecule has 0 bridgehead atoms. The third-order valence-electron chi connectivity index (χ3n) is 3.41. The molecule has 2 atom stereocenters. The second kappa shape index (κ2) is 9.32. The molecular formula is C16H20ClNO8S. The Hall–Kier alpha value is -1.94. The Morgan fingerprint density at radius 1 is 1.15 bits per heavy atom. The van der Waals surface area contributed by atoms with Gasteiger partial charge in [-0.1, -0.05) is 11.8 Å². The number of ketones is 1. The van der Waals surface area contributed by atoms with Crippen LogP contribution in [0.2, 0.25) is 0 Å². The number of imide groups is 1. The molecule has 1 aliphatic heterocycles. The molecule has 0 N–H and O–H groups in total. The maximum atomic E-state index is 12.2. The van der Waals surface area contributed by atoms with E-state index in [0.717, 1.165) is 0 Å². The highest BCUT2D eigenvalue weighted by Gasteiger charge is 2.54. The van der Waals surface area contributed by atoms with Gasteiger partial charge in [0.1, 0.15) is 11.2 Å². The zero-order valence-corrected chi connectivity index (χ0v) is 16.8. The lowest BCUT2D eigenvalue weighted by atomic mass is 9.92. The molecule has 0 aromatic heterocycles. The largest absolute Gasteiger partial charge is 0.427 e. The minimum absolute atomic E-state index is 0.173. The molecule has 27 heavy (non-hydrogen) atoms. The molecular weight excluding hydrogens is 402 g/mol. The number of rotatable bonds is 6. The second-order valence-electron chi connectivity index (χ2n) is 6.77. The van der Waals surface area contributed by atoms with Crippen molar-refractivity contribution in [2.45, 2.75) is 39.5 Å². The van der Waals surface area contributed by atoms with Gasteiger partial charge in [-0.2, -0.15) is 0 Å². The van der Waals surface area contributed by atoms with E-state index >= 15 is 0 Å². The molecule has 150 valence electrons. The van der Waals surface area contributed by atoms with E-state index in [2.05, 4.69) is 4.74 Å². The van der Waals surface area contributed by atoms with Crippen LogP contribution in [0.5, 0.6) is 0 Å². The normalized spacial score (nSPS) is 19.1. The van der Waals surface area contributed by atoms with Crippen molar-refractivity contribution in [1.82, 2.24) is 4.90 Å². The van der Waals surface area contributed by atoms with Gasteiger partial charge in [-0.3, -0.25) is 24.1 Å². The van der Waals surface area contributed by atoms with Gasteiger partial charge in [0.25, 0.3) is 0 Å². The minimum atomic E-state index is -1.42. The average Bonchev–Trinajstić information content (AvgIpc) is 2.57. The lowest BCUT2D eigenvalue weighted by molar-refractivity contribution is -0.182. The molecule has 0 saturated carbocycles. The van der Waals surface area contributed by atoms with E-state index in [1.807, 2.05) is 0 Å². The fourth-order valence-electron chi connectivity index (χ4n) is 2.05. The number of hydrogen-bond donors (Lipinski definition) is 0. The summed E-state index contributed by atoms with van der Waals surface area (Å²) in [5.74, 6) is -5.72. The summed E-state index contributed by atoms with van der Waals surface area (Å²) >= 11 is 6.02. The van der Waals surface area contributed by atoms with Crippen LogP contribution in [-0.2, 0) is 38.2 Å². The maximum absolute atomic E-state index is 12.2. The molecule has 1 aliphatic rings. The van der Waals surface area contributed by atoms with E-state index in [9.17, 15) is 28.8 Å². The van der Waals surface area contributed by atoms with E-state index < -0.39 is 52.4 Å². The minimum Gasteiger partial charge on any atom is -0.427 e. The smallest absolute Gasteiger partial charge is 0.400 e. The molecule has 0 unspecified atom stereocenters. The van der Waals surface area contributed by atoms with Crippen LogP contribution < -0.4 is 0 Å². The highest BCUT2D eigenvalue weighted by molar-refractivity contribution is 8.14. The number of likely N-dealkylation sites (tertiary alicyclic amines) is 1. The Labute approximate surface area is 165 Å². The summed E-state index contributed by atoms with van der Waals surface area (Å²) in [7, 11) is 0. The van der Waals surface area contributed by atoms with Crippen molar-refractivity contribution in [3.8, 4) is 0 Å². The Bertz CT molecular complexity index is 672.